The third-order valence-corrected chi connectivity index (χ3v) is 3.69. The van der Waals surface area contributed by atoms with E-state index in [-0.39, 0.29) is 5.82 Å². The van der Waals surface area contributed by atoms with Crippen molar-refractivity contribution < 1.29 is 4.39 Å². The monoisotopic (exact) mass is 310 g/mol. The van der Waals surface area contributed by atoms with Crippen molar-refractivity contribution in [1.82, 2.24) is 15.0 Å². The third kappa shape index (κ3) is 3.13. The smallest absolute Gasteiger partial charge is 0.166 e. The highest BCUT2D eigenvalue weighted by molar-refractivity contribution is 5.83. The summed E-state index contributed by atoms with van der Waals surface area (Å²) in [6.07, 6.45) is 8.55. The minimum absolute atomic E-state index is 0.172. The summed E-state index contributed by atoms with van der Waals surface area (Å²) in [5.74, 6) is 1.15. The molecule has 3 rings (SSSR count). The fraction of sp³-hybridized carbons (Fsp3) is 0.278. The van der Waals surface area contributed by atoms with Gasteiger partial charge < -0.3 is 5.32 Å². The van der Waals surface area contributed by atoms with Crippen molar-refractivity contribution in [3.05, 3.63) is 65.8 Å². The maximum Gasteiger partial charge on any atom is 0.166 e. The van der Waals surface area contributed by atoms with Gasteiger partial charge in [-0.15, -0.1) is 0 Å². The van der Waals surface area contributed by atoms with Gasteiger partial charge in [-0.05, 0) is 23.8 Å². The molecule has 5 heteroatoms. The fourth-order valence-electron chi connectivity index (χ4n) is 2.67. The Balaban J connectivity index is 1.90. The van der Waals surface area contributed by atoms with E-state index in [0.717, 1.165) is 41.1 Å². The van der Waals surface area contributed by atoms with E-state index >= 15 is 0 Å². The number of nitrogens with one attached hydrogen (secondary N) is 1. The molecule has 1 aliphatic carbocycles. The van der Waals surface area contributed by atoms with Gasteiger partial charge >= 0.3 is 0 Å². The Morgan fingerprint density at radius 2 is 2.17 bits per heavy atom. The Labute approximate surface area is 135 Å². The van der Waals surface area contributed by atoms with Crippen LogP contribution in [0.2, 0.25) is 0 Å². The van der Waals surface area contributed by atoms with Crippen molar-refractivity contribution in [3.8, 4) is 0 Å². The van der Waals surface area contributed by atoms with Gasteiger partial charge in [0, 0.05) is 36.4 Å². The van der Waals surface area contributed by atoms with Crippen molar-refractivity contribution in [2.75, 3.05) is 5.32 Å². The van der Waals surface area contributed by atoms with Crippen LogP contribution in [0.1, 0.15) is 36.5 Å². The third-order valence-electron chi connectivity index (χ3n) is 3.69. The molecule has 0 atom stereocenters. The summed E-state index contributed by atoms with van der Waals surface area (Å²) >= 11 is 0. The maximum atomic E-state index is 14.0. The van der Waals surface area contributed by atoms with Crippen LogP contribution in [0.3, 0.4) is 0 Å². The molecule has 2 aromatic rings. The van der Waals surface area contributed by atoms with Crippen LogP contribution < -0.4 is 5.32 Å². The highest BCUT2D eigenvalue weighted by Gasteiger charge is 2.19. The van der Waals surface area contributed by atoms with E-state index in [9.17, 15) is 4.39 Å². The van der Waals surface area contributed by atoms with Gasteiger partial charge in [-0.1, -0.05) is 26.5 Å². The van der Waals surface area contributed by atoms with E-state index < -0.39 is 5.82 Å². The van der Waals surface area contributed by atoms with Gasteiger partial charge in [-0.2, -0.15) is 0 Å². The molecule has 0 bridgehead atoms. The van der Waals surface area contributed by atoms with Gasteiger partial charge in [0.15, 0.2) is 11.6 Å². The molecule has 0 unspecified atom stereocenters. The summed E-state index contributed by atoms with van der Waals surface area (Å²) in [6, 6.07) is 1.47. The average molecular weight is 310 g/mol. The number of anilines is 1. The number of rotatable bonds is 5. The number of pyridine rings is 1. The first-order valence-electron chi connectivity index (χ1n) is 7.67. The maximum absolute atomic E-state index is 14.0. The standard InChI is InChI=1S/C18H19FN4/c1-4-20-18-15(19)8-12(9-22-18)13-5-6-16-14(13)10-21-17(23-16)7-11(2)3/h4-5,8-11H,1,6-7H2,2-3H3,(H,20,22). The predicted molar refractivity (Wildman–Crippen MR) is 89.4 cm³/mol. The lowest BCUT2D eigenvalue weighted by molar-refractivity contribution is 0.618. The Kier molecular flexibility index (Phi) is 4.19. The van der Waals surface area contributed by atoms with Gasteiger partial charge in [0.2, 0.25) is 0 Å². The van der Waals surface area contributed by atoms with E-state index in [1.54, 1.807) is 6.20 Å². The number of hydrogen-bond donors (Lipinski definition) is 1. The van der Waals surface area contributed by atoms with Crippen LogP contribution in [0.15, 0.2) is 37.3 Å². The number of halogens is 1. The topological polar surface area (TPSA) is 50.7 Å². The number of nitrogens with zero attached hydrogens (tertiary/aromatic N) is 3. The summed E-state index contributed by atoms with van der Waals surface area (Å²) in [5, 5.41) is 2.67. The molecule has 0 saturated carbocycles. The molecule has 23 heavy (non-hydrogen) atoms. The second-order valence-electron chi connectivity index (χ2n) is 5.97. The minimum Gasteiger partial charge on any atom is -0.345 e. The molecule has 4 nitrogen and oxygen atoms in total. The van der Waals surface area contributed by atoms with Crippen molar-refractivity contribution in [2.24, 2.45) is 5.92 Å². The average Bonchev–Trinajstić information content (AvgIpc) is 2.92. The summed E-state index contributed by atoms with van der Waals surface area (Å²) in [4.78, 5) is 13.2. The van der Waals surface area contributed by atoms with Crippen LogP contribution in [-0.2, 0) is 12.8 Å². The fourth-order valence-corrected chi connectivity index (χ4v) is 2.67. The van der Waals surface area contributed by atoms with Crippen molar-refractivity contribution in [2.45, 2.75) is 26.7 Å². The van der Waals surface area contributed by atoms with Gasteiger partial charge in [0.25, 0.3) is 0 Å². The molecule has 2 aromatic heterocycles. The largest absolute Gasteiger partial charge is 0.345 e. The Bertz CT molecular complexity index is 781. The van der Waals surface area contributed by atoms with E-state index in [2.05, 4.69) is 46.8 Å². The molecular weight excluding hydrogens is 291 g/mol. The number of fused-ring (bicyclic) bond motifs is 1. The molecule has 0 fully saturated rings. The van der Waals surface area contributed by atoms with Gasteiger partial charge in [-0.25, -0.2) is 19.3 Å². The Hall–Kier alpha value is -2.56. The highest BCUT2D eigenvalue weighted by atomic mass is 19.1. The molecule has 0 saturated heterocycles. The molecule has 0 spiro atoms. The quantitative estimate of drug-likeness (QED) is 0.913. The summed E-state index contributed by atoms with van der Waals surface area (Å²) < 4.78 is 14.0. The molecule has 2 heterocycles. The predicted octanol–water partition coefficient (Wildman–Crippen LogP) is 3.75. The van der Waals surface area contributed by atoms with Crippen LogP contribution in [0.5, 0.6) is 0 Å². The number of allylic oxidation sites excluding steroid dienone is 1. The van der Waals surface area contributed by atoms with Gasteiger partial charge in [0.05, 0.1) is 5.69 Å². The summed E-state index contributed by atoms with van der Waals surface area (Å²) in [6.45, 7) is 7.80. The van der Waals surface area contributed by atoms with Crippen LogP contribution in [0, 0.1) is 11.7 Å². The van der Waals surface area contributed by atoms with Crippen molar-refractivity contribution in [3.63, 3.8) is 0 Å². The highest BCUT2D eigenvalue weighted by Crippen LogP contribution is 2.32. The molecule has 1 N–H and O–H groups in total. The van der Waals surface area contributed by atoms with Crippen LogP contribution in [0.4, 0.5) is 10.2 Å². The molecule has 118 valence electrons. The lowest BCUT2D eigenvalue weighted by atomic mass is 10.0. The number of aromatic nitrogens is 3. The van der Waals surface area contributed by atoms with Gasteiger partial charge in [0.1, 0.15) is 5.82 Å². The van der Waals surface area contributed by atoms with E-state index in [1.807, 2.05) is 6.20 Å². The summed E-state index contributed by atoms with van der Waals surface area (Å²) in [7, 11) is 0. The Morgan fingerprint density at radius 1 is 1.35 bits per heavy atom. The molecule has 0 amide bonds. The van der Waals surface area contributed by atoms with Crippen molar-refractivity contribution >= 4 is 11.4 Å². The van der Waals surface area contributed by atoms with Gasteiger partial charge in [-0.3, -0.25) is 0 Å². The SMILES string of the molecule is C=CNc1ncc(C2=CCc3nc(CC(C)C)ncc32)cc1F. The van der Waals surface area contributed by atoms with Crippen LogP contribution in [0.25, 0.3) is 5.57 Å². The van der Waals surface area contributed by atoms with E-state index in [4.69, 9.17) is 0 Å². The first-order chi connectivity index (χ1) is 11.1. The molecule has 0 aliphatic heterocycles. The normalized spacial score (nSPS) is 13.0. The van der Waals surface area contributed by atoms with E-state index in [0.29, 0.717) is 5.92 Å². The zero-order valence-corrected chi connectivity index (χ0v) is 13.3. The molecule has 1 aliphatic rings. The molecule has 0 radical (unpaired) electrons. The second-order valence-corrected chi connectivity index (χ2v) is 5.97. The van der Waals surface area contributed by atoms with Crippen molar-refractivity contribution in [1.29, 1.82) is 0 Å². The van der Waals surface area contributed by atoms with Crippen LogP contribution in [-0.4, -0.2) is 15.0 Å². The Morgan fingerprint density at radius 3 is 2.87 bits per heavy atom. The number of hydrogen-bond acceptors (Lipinski definition) is 4. The lowest BCUT2D eigenvalue weighted by Crippen LogP contribution is -2.04. The lowest BCUT2D eigenvalue weighted by Gasteiger charge is -2.09. The summed E-state index contributed by atoms with van der Waals surface area (Å²) in [5.41, 5.74) is 3.63. The first kappa shape index (κ1) is 15.3. The minimum atomic E-state index is -0.408. The van der Waals surface area contributed by atoms with E-state index in [1.165, 1.54) is 12.3 Å². The second kappa shape index (κ2) is 6.28. The molecule has 0 aromatic carbocycles. The zero-order valence-electron chi connectivity index (χ0n) is 13.3. The zero-order chi connectivity index (χ0) is 16.4. The molecular formula is C18H19FN4. The first-order valence-corrected chi connectivity index (χ1v) is 7.67. The van der Waals surface area contributed by atoms with Crippen LogP contribution >= 0.6 is 0 Å².